The van der Waals surface area contributed by atoms with Gasteiger partial charge in [0.2, 0.25) is 0 Å². The molecule has 0 radical (unpaired) electrons. The van der Waals surface area contributed by atoms with Crippen molar-refractivity contribution < 1.29 is 9.90 Å². The van der Waals surface area contributed by atoms with Crippen molar-refractivity contribution in [3.63, 3.8) is 0 Å². The van der Waals surface area contributed by atoms with Crippen molar-refractivity contribution >= 4 is 5.97 Å². The number of carboxylic acid groups (broad SMARTS) is 1. The van der Waals surface area contributed by atoms with Crippen molar-refractivity contribution in [2.45, 2.75) is 13.8 Å². The molecule has 0 aliphatic heterocycles. The maximum atomic E-state index is 10.2. The highest BCUT2D eigenvalue weighted by molar-refractivity contribution is 5.80. The van der Waals surface area contributed by atoms with Crippen LogP contribution in [0.25, 0.3) is 0 Å². The van der Waals surface area contributed by atoms with Crippen LogP contribution in [-0.4, -0.2) is 24.2 Å². The minimum Gasteiger partial charge on any atom is -0.478 e. The molecule has 3 N–H and O–H groups in total. The molecule has 0 bridgehead atoms. The minimum atomic E-state index is -0.943. The molecule has 0 saturated heterocycles. The Morgan fingerprint density at radius 2 is 1.82 bits per heavy atom. The van der Waals surface area contributed by atoms with Gasteiger partial charge in [0, 0.05) is 13.1 Å². The topological polar surface area (TPSA) is 61.4 Å². The molecule has 0 spiro atoms. The Balaban J connectivity index is 3.96. The van der Waals surface area contributed by atoms with Gasteiger partial charge in [-0.25, -0.2) is 4.79 Å². The summed E-state index contributed by atoms with van der Waals surface area (Å²) < 4.78 is 0. The van der Waals surface area contributed by atoms with E-state index in [-0.39, 0.29) is 0 Å². The van der Waals surface area contributed by atoms with Crippen LogP contribution in [-0.2, 0) is 4.79 Å². The molecule has 0 aliphatic rings. The molecule has 0 aromatic heterocycles. The zero-order valence-corrected chi connectivity index (χ0v) is 6.85. The third-order valence-corrected chi connectivity index (χ3v) is 1.00. The number of hydrogen-bond acceptors (Lipinski definition) is 3. The highest BCUT2D eigenvalue weighted by Crippen LogP contribution is 1.81. The molecule has 0 rings (SSSR count). The van der Waals surface area contributed by atoms with Crippen LogP contribution in [0.15, 0.2) is 11.9 Å². The monoisotopic (exact) mass is 158 g/mol. The average Bonchev–Trinajstić information content (AvgIpc) is 1.87. The fourth-order valence-electron chi connectivity index (χ4n) is 0.669. The van der Waals surface area contributed by atoms with Gasteiger partial charge in [0.05, 0.1) is 6.08 Å². The molecule has 4 heteroatoms. The lowest BCUT2D eigenvalue weighted by atomic mass is 10.5. The number of carbonyl (C=O) groups is 1. The van der Waals surface area contributed by atoms with E-state index in [1.54, 1.807) is 0 Å². The largest absolute Gasteiger partial charge is 0.478 e. The zero-order valence-electron chi connectivity index (χ0n) is 6.85. The number of hydrogen-bond donors (Lipinski definition) is 3. The van der Waals surface area contributed by atoms with Crippen LogP contribution >= 0.6 is 0 Å². The molecule has 64 valence electrons. The van der Waals surface area contributed by atoms with E-state index in [1.807, 2.05) is 13.8 Å². The Labute approximate surface area is 66.3 Å². The summed E-state index contributed by atoms with van der Waals surface area (Å²) in [5, 5.41) is 14.1. The van der Waals surface area contributed by atoms with Crippen LogP contribution in [0.3, 0.4) is 0 Å². The van der Waals surface area contributed by atoms with Crippen LogP contribution in [0.4, 0.5) is 0 Å². The number of rotatable bonds is 5. The number of nitrogens with one attached hydrogen (secondary N) is 2. The SMILES string of the molecule is CCNC(=CC(=O)O)NCC. The summed E-state index contributed by atoms with van der Waals surface area (Å²) in [6.07, 6.45) is 1.12. The van der Waals surface area contributed by atoms with Gasteiger partial charge in [-0.05, 0) is 13.8 Å². The molecule has 0 fully saturated rings. The van der Waals surface area contributed by atoms with Crippen LogP contribution in [0.1, 0.15) is 13.8 Å². The molecule has 0 aliphatic carbocycles. The van der Waals surface area contributed by atoms with E-state index < -0.39 is 5.97 Å². The Bertz CT molecular complexity index is 147. The van der Waals surface area contributed by atoms with Gasteiger partial charge in [-0.2, -0.15) is 0 Å². The zero-order chi connectivity index (χ0) is 8.69. The van der Waals surface area contributed by atoms with Gasteiger partial charge in [0.25, 0.3) is 0 Å². The lowest BCUT2D eigenvalue weighted by Gasteiger charge is -2.08. The Kier molecular flexibility index (Phi) is 4.98. The van der Waals surface area contributed by atoms with Gasteiger partial charge >= 0.3 is 5.97 Å². The van der Waals surface area contributed by atoms with Crippen molar-refractivity contribution in [3.8, 4) is 0 Å². The van der Waals surface area contributed by atoms with E-state index in [1.165, 1.54) is 0 Å². The summed E-state index contributed by atoms with van der Waals surface area (Å²) >= 11 is 0. The minimum absolute atomic E-state index is 0.558. The van der Waals surface area contributed by atoms with Crippen LogP contribution in [0.2, 0.25) is 0 Å². The molecule has 4 nitrogen and oxygen atoms in total. The summed E-state index contributed by atoms with van der Waals surface area (Å²) in [5.74, 6) is -0.385. The molecule has 11 heavy (non-hydrogen) atoms. The standard InChI is InChI=1S/C7H14N2O2/c1-3-8-6(9-4-2)5-7(10)11/h5,8-9H,3-4H2,1-2H3,(H,10,11). The quantitative estimate of drug-likeness (QED) is 0.498. The lowest BCUT2D eigenvalue weighted by Crippen LogP contribution is -2.26. The predicted molar refractivity (Wildman–Crippen MR) is 43.1 cm³/mol. The predicted octanol–water partition coefficient (Wildman–Crippen LogP) is 0.131. The first-order chi connectivity index (χ1) is 5.20. The summed E-state index contributed by atoms with van der Waals surface area (Å²) in [5.41, 5.74) is 0. The van der Waals surface area contributed by atoms with E-state index >= 15 is 0 Å². The van der Waals surface area contributed by atoms with Gasteiger partial charge in [-0.15, -0.1) is 0 Å². The first-order valence-electron chi connectivity index (χ1n) is 3.63. The summed E-state index contributed by atoms with van der Waals surface area (Å²) in [6.45, 7) is 5.25. The molecule has 0 atom stereocenters. The van der Waals surface area contributed by atoms with E-state index in [9.17, 15) is 4.79 Å². The third-order valence-electron chi connectivity index (χ3n) is 1.00. The first kappa shape index (κ1) is 9.81. The van der Waals surface area contributed by atoms with Gasteiger partial charge in [-0.3, -0.25) is 0 Å². The Hall–Kier alpha value is -1.19. The Morgan fingerprint density at radius 1 is 1.36 bits per heavy atom. The van der Waals surface area contributed by atoms with E-state index in [0.29, 0.717) is 18.9 Å². The highest BCUT2D eigenvalue weighted by Gasteiger charge is 1.95. The normalized spacial score (nSPS) is 8.55. The smallest absolute Gasteiger partial charge is 0.331 e. The molecule has 0 unspecified atom stereocenters. The third kappa shape index (κ3) is 5.26. The molecule has 0 saturated carbocycles. The van der Waals surface area contributed by atoms with Gasteiger partial charge in [0.1, 0.15) is 5.82 Å². The average molecular weight is 158 g/mol. The van der Waals surface area contributed by atoms with Gasteiger partial charge < -0.3 is 15.7 Å². The highest BCUT2D eigenvalue weighted by atomic mass is 16.4. The first-order valence-corrected chi connectivity index (χ1v) is 3.63. The Morgan fingerprint density at radius 3 is 2.09 bits per heavy atom. The van der Waals surface area contributed by atoms with E-state index in [0.717, 1.165) is 6.08 Å². The molecule has 0 aromatic rings. The van der Waals surface area contributed by atoms with Crippen molar-refractivity contribution in [1.82, 2.24) is 10.6 Å². The number of aliphatic carboxylic acids is 1. The van der Waals surface area contributed by atoms with Crippen LogP contribution in [0, 0.1) is 0 Å². The fourth-order valence-corrected chi connectivity index (χ4v) is 0.669. The van der Waals surface area contributed by atoms with Crippen molar-refractivity contribution in [2.75, 3.05) is 13.1 Å². The summed E-state index contributed by atoms with van der Waals surface area (Å²) in [4.78, 5) is 10.2. The van der Waals surface area contributed by atoms with E-state index in [4.69, 9.17) is 5.11 Å². The van der Waals surface area contributed by atoms with Crippen molar-refractivity contribution in [2.24, 2.45) is 0 Å². The van der Waals surface area contributed by atoms with Crippen molar-refractivity contribution in [3.05, 3.63) is 11.9 Å². The fraction of sp³-hybridized carbons (Fsp3) is 0.571. The lowest BCUT2D eigenvalue weighted by molar-refractivity contribution is -0.131. The van der Waals surface area contributed by atoms with E-state index in [2.05, 4.69) is 10.6 Å². The molecule has 0 heterocycles. The summed E-state index contributed by atoms with van der Waals surface area (Å²) in [7, 11) is 0. The maximum absolute atomic E-state index is 10.2. The van der Waals surface area contributed by atoms with Gasteiger partial charge in [0.15, 0.2) is 0 Å². The second-order valence-corrected chi connectivity index (χ2v) is 1.96. The molecular weight excluding hydrogens is 144 g/mol. The van der Waals surface area contributed by atoms with Gasteiger partial charge in [-0.1, -0.05) is 0 Å². The second kappa shape index (κ2) is 5.58. The summed E-state index contributed by atoms with van der Waals surface area (Å²) in [6, 6.07) is 0. The second-order valence-electron chi connectivity index (χ2n) is 1.96. The number of carboxylic acids is 1. The van der Waals surface area contributed by atoms with Crippen LogP contribution in [0.5, 0.6) is 0 Å². The van der Waals surface area contributed by atoms with Crippen molar-refractivity contribution in [1.29, 1.82) is 0 Å². The molecule has 0 amide bonds. The molecular formula is C7H14N2O2. The van der Waals surface area contributed by atoms with Crippen LogP contribution < -0.4 is 10.6 Å². The maximum Gasteiger partial charge on any atom is 0.331 e. The molecule has 0 aromatic carbocycles.